The van der Waals surface area contributed by atoms with Gasteiger partial charge < -0.3 is 15.7 Å². The van der Waals surface area contributed by atoms with Gasteiger partial charge in [0.25, 0.3) is 0 Å². The lowest BCUT2D eigenvalue weighted by Gasteiger charge is -2.37. The fraction of sp³-hybridized carbons (Fsp3) is 0.846. The summed E-state index contributed by atoms with van der Waals surface area (Å²) in [5.41, 5.74) is -0.719. The lowest BCUT2D eigenvalue weighted by atomic mass is 9.69. The number of thioether (sulfide) groups is 1. The molecule has 0 aromatic carbocycles. The molecule has 0 aromatic heterocycles. The number of nitrogens with one attached hydrogen (secondary N) is 2. The number of aliphatic carboxylic acids is 1. The second-order valence-corrected chi connectivity index (χ2v) is 7.56. The predicted molar refractivity (Wildman–Crippen MR) is 75.4 cm³/mol. The Morgan fingerprint density at radius 3 is 2.32 bits per heavy atom. The molecule has 2 aliphatic rings. The summed E-state index contributed by atoms with van der Waals surface area (Å²) in [6.45, 7) is 3.04. The van der Waals surface area contributed by atoms with Crippen molar-refractivity contribution in [2.75, 3.05) is 18.8 Å². The summed E-state index contributed by atoms with van der Waals surface area (Å²) >= 11 is 1.89. The molecule has 1 aliphatic heterocycles. The summed E-state index contributed by atoms with van der Waals surface area (Å²) in [6, 6.07) is -0.249. The molecule has 1 unspecified atom stereocenters. The number of rotatable bonds is 5. The number of carbonyl (C=O) groups is 2. The molecule has 6 heteroatoms. The minimum atomic E-state index is -0.794. The molecule has 1 atom stereocenters. The maximum atomic E-state index is 11.7. The first-order chi connectivity index (χ1) is 8.96. The number of carboxylic acids is 1. The molecule has 3 N–H and O–H groups in total. The van der Waals surface area contributed by atoms with Crippen molar-refractivity contribution < 1.29 is 14.7 Å². The summed E-state index contributed by atoms with van der Waals surface area (Å²) in [4.78, 5) is 22.9. The molecule has 0 bridgehead atoms. The quantitative estimate of drug-likeness (QED) is 0.720. The Balaban J connectivity index is 1.71. The summed E-state index contributed by atoms with van der Waals surface area (Å²) in [6.07, 6.45) is 4.58. The van der Waals surface area contributed by atoms with Crippen molar-refractivity contribution in [3.05, 3.63) is 0 Å². The standard InChI is InChI=1S/C13H22N2O3S/c1-12(4-3-7-19-12)8-14-11(18)15-9-13(10(16)17)5-2-6-13/h2-9H2,1H3,(H,16,17)(H2,14,15,18). The first kappa shape index (κ1) is 14.5. The third kappa shape index (κ3) is 3.35. The molecule has 0 radical (unpaired) electrons. The summed E-state index contributed by atoms with van der Waals surface area (Å²) in [5.74, 6) is 0.361. The van der Waals surface area contributed by atoms with E-state index in [0.29, 0.717) is 19.4 Å². The lowest BCUT2D eigenvalue weighted by molar-refractivity contribution is -0.153. The topological polar surface area (TPSA) is 78.4 Å². The van der Waals surface area contributed by atoms with Crippen molar-refractivity contribution >= 4 is 23.8 Å². The van der Waals surface area contributed by atoms with Crippen LogP contribution in [0.5, 0.6) is 0 Å². The summed E-state index contributed by atoms with van der Waals surface area (Å²) < 4.78 is 0.137. The molecule has 0 aromatic rings. The van der Waals surface area contributed by atoms with Gasteiger partial charge in [0.2, 0.25) is 0 Å². The highest BCUT2D eigenvalue weighted by Gasteiger charge is 2.44. The highest BCUT2D eigenvalue weighted by Crippen LogP contribution is 2.40. The van der Waals surface area contributed by atoms with Crippen molar-refractivity contribution in [3.8, 4) is 0 Å². The van der Waals surface area contributed by atoms with Crippen molar-refractivity contribution in [1.82, 2.24) is 10.6 Å². The SMILES string of the molecule is CC1(CNC(=O)NCC2(C(=O)O)CCC2)CCCS1. The molecule has 1 aliphatic carbocycles. The lowest BCUT2D eigenvalue weighted by Crippen LogP contribution is -2.51. The predicted octanol–water partition coefficient (Wildman–Crippen LogP) is 1.83. The summed E-state index contributed by atoms with van der Waals surface area (Å²) in [5, 5.41) is 14.7. The second-order valence-electron chi connectivity index (χ2n) is 5.88. The minimum Gasteiger partial charge on any atom is -0.481 e. The Morgan fingerprint density at radius 2 is 1.84 bits per heavy atom. The zero-order valence-electron chi connectivity index (χ0n) is 11.3. The third-order valence-electron chi connectivity index (χ3n) is 4.28. The van der Waals surface area contributed by atoms with E-state index in [-0.39, 0.29) is 17.3 Å². The van der Waals surface area contributed by atoms with Crippen LogP contribution in [0.1, 0.15) is 39.0 Å². The van der Waals surface area contributed by atoms with E-state index in [4.69, 9.17) is 5.11 Å². The highest BCUT2D eigenvalue weighted by atomic mass is 32.2. The molecule has 0 spiro atoms. The van der Waals surface area contributed by atoms with Crippen LogP contribution < -0.4 is 10.6 Å². The van der Waals surface area contributed by atoms with Gasteiger partial charge in [-0.15, -0.1) is 0 Å². The molecular weight excluding hydrogens is 264 g/mol. The van der Waals surface area contributed by atoms with E-state index in [1.54, 1.807) is 0 Å². The first-order valence-electron chi connectivity index (χ1n) is 6.85. The molecule has 2 rings (SSSR count). The minimum absolute atomic E-state index is 0.137. The zero-order chi connectivity index (χ0) is 13.9. The molecule has 5 nitrogen and oxygen atoms in total. The molecule has 19 heavy (non-hydrogen) atoms. The summed E-state index contributed by atoms with van der Waals surface area (Å²) in [7, 11) is 0. The van der Waals surface area contributed by atoms with Gasteiger partial charge in [-0.2, -0.15) is 11.8 Å². The van der Waals surface area contributed by atoms with E-state index in [9.17, 15) is 9.59 Å². The maximum absolute atomic E-state index is 11.7. The van der Waals surface area contributed by atoms with Crippen LogP contribution >= 0.6 is 11.8 Å². The maximum Gasteiger partial charge on any atom is 0.314 e. The van der Waals surface area contributed by atoms with Gasteiger partial charge >= 0.3 is 12.0 Å². The van der Waals surface area contributed by atoms with Gasteiger partial charge in [-0.25, -0.2) is 4.79 Å². The van der Waals surface area contributed by atoms with Crippen LogP contribution in [0.25, 0.3) is 0 Å². The van der Waals surface area contributed by atoms with Crippen LogP contribution in [0.2, 0.25) is 0 Å². The fourth-order valence-electron chi connectivity index (χ4n) is 2.63. The Kier molecular flexibility index (Phi) is 4.28. The van der Waals surface area contributed by atoms with Crippen LogP contribution in [-0.4, -0.2) is 40.7 Å². The first-order valence-corrected chi connectivity index (χ1v) is 7.84. The fourth-order valence-corrected chi connectivity index (χ4v) is 3.87. The van der Waals surface area contributed by atoms with E-state index < -0.39 is 11.4 Å². The molecule has 2 fully saturated rings. The largest absolute Gasteiger partial charge is 0.481 e. The third-order valence-corrected chi connectivity index (χ3v) is 5.81. The second kappa shape index (κ2) is 5.61. The van der Waals surface area contributed by atoms with Crippen LogP contribution in [0.3, 0.4) is 0 Å². The van der Waals surface area contributed by atoms with Crippen LogP contribution in [0.4, 0.5) is 4.79 Å². The van der Waals surface area contributed by atoms with E-state index in [1.807, 2.05) is 11.8 Å². The smallest absolute Gasteiger partial charge is 0.314 e. The molecule has 1 heterocycles. The van der Waals surface area contributed by atoms with Crippen molar-refractivity contribution in [3.63, 3.8) is 0 Å². The van der Waals surface area contributed by atoms with Crippen molar-refractivity contribution in [1.29, 1.82) is 0 Å². The van der Waals surface area contributed by atoms with Gasteiger partial charge in [-0.3, -0.25) is 4.79 Å². The molecule has 2 amide bonds. The average Bonchev–Trinajstić information content (AvgIpc) is 2.72. The zero-order valence-corrected chi connectivity index (χ0v) is 12.1. The Labute approximate surface area is 117 Å². The van der Waals surface area contributed by atoms with Gasteiger partial charge in [0.1, 0.15) is 0 Å². The highest BCUT2D eigenvalue weighted by molar-refractivity contribution is 8.00. The Hall–Kier alpha value is -0.910. The van der Waals surface area contributed by atoms with E-state index in [0.717, 1.165) is 18.6 Å². The Morgan fingerprint density at radius 1 is 1.16 bits per heavy atom. The van der Waals surface area contributed by atoms with E-state index in [1.165, 1.54) is 6.42 Å². The van der Waals surface area contributed by atoms with Crippen LogP contribution in [-0.2, 0) is 4.79 Å². The van der Waals surface area contributed by atoms with Gasteiger partial charge in [0, 0.05) is 17.8 Å². The molecular formula is C13H22N2O3S. The Bertz CT molecular complexity index is 363. The van der Waals surface area contributed by atoms with Gasteiger partial charge in [-0.05, 0) is 38.4 Å². The number of hydrogen-bond acceptors (Lipinski definition) is 3. The van der Waals surface area contributed by atoms with Crippen LogP contribution in [0, 0.1) is 5.41 Å². The van der Waals surface area contributed by atoms with Gasteiger partial charge in [-0.1, -0.05) is 6.42 Å². The molecule has 1 saturated heterocycles. The monoisotopic (exact) mass is 286 g/mol. The van der Waals surface area contributed by atoms with E-state index >= 15 is 0 Å². The van der Waals surface area contributed by atoms with Gasteiger partial charge in [0.05, 0.1) is 5.41 Å². The molecule has 1 saturated carbocycles. The number of urea groups is 1. The number of hydrogen-bond donors (Lipinski definition) is 3. The number of carbonyl (C=O) groups excluding carboxylic acids is 1. The normalized spacial score (nSPS) is 28.5. The number of carboxylic acid groups (broad SMARTS) is 1. The van der Waals surface area contributed by atoms with Crippen molar-refractivity contribution in [2.24, 2.45) is 5.41 Å². The van der Waals surface area contributed by atoms with Crippen molar-refractivity contribution in [2.45, 2.75) is 43.8 Å². The van der Waals surface area contributed by atoms with Crippen LogP contribution in [0.15, 0.2) is 0 Å². The van der Waals surface area contributed by atoms with Gasteiger partial charge in [0.15, 0.2) is 0 Å². The van der Waals surface area contributed by atoms with E-state index in [2.05, 4.69) is 17.6 Å². The average molecular weight is 286 g/mol. The molecule has 108 valence electrons. The number of amides is 2.